The zero-order chi connectivity index (χ0) is 17.7. The molecule has 0 bridgehead atoms. The van der Waals surface area contributed by atoms with Crippen LogP contribution in [0.3, 0.4) is 0 Å². The number of benzene rings is 1. The molecule has 1 heterocycles. The molecule has 1 aromatic carbocycles. The van der Waals surface area contributed by atoms with Crippen LogP contribution in [0.2, 0.25) is 0 Å². The Labute approximate surface area is 140 Å². The summed E-state index contributed by atoms with van der Waals surface area (Å²) in [6.07, 6.45) is -3.81. The Kier molecular flexibility index (Phi) is 5.66. The number of carbonyl (C=O) groups is 1. The number of rotatable bonds is 6. The van der Waals surface area contributed by atoms with Crippen LogP contribution in [-0.4, -0.2) is 30.5 Å². The first-order valence-corrected chi connectivity index (χ1v) is 7.51. The quantitative estimate of drug-likeness (QED) is 0.447. The van der Waals surface area contributed by atoms with Gasteiger partial charge in [0.05, 0.1) is 31.1 Å². The van der Waals surface area contributed by atoms with Crippen molar-refractivity contribution >= 4 is 18.0 Å². The predicted octanol–water partition coefficient (Wildman–Crippen LogP) is 3.54. The van der Waals surface area contributed by atoms with Crippen molar-refractivity contribution in [3.05, 3.63) is 41.5 Å². The highest BCUT2D eigenvalue weighted by atomic mass is 32.2. The van der Waals surface area contributed by atoms with E-state index in [1.807, 2.05) is 0 Å². The molecule has 128 valence electrons. The number of ether oxygens (including phenoxy) is 2. The molecule has 0 saturated heterocycles. The topological polar surface area (TPSA) is 61.3 Å². The number of hydrogen-bond acceptors (Lipinski definition) is 6. The van der Waals surface area contributed by atoms with Gasteiger partial charge >= 0.3 is 6.18 Å². The molecule has 0 aliphatic rings. The van der Waals surface area contributed by atoms with Crippen LogP contribution >= 0.6 is 11.8 Å². The standard InChI is InChI=1S/C15H13F3N2O3S/c1-22-12-7-13(23-2)20-14(19-12)24-11(8-21)9-3-5-10(6-4-9)15(16,17)18/h3-8,11H,1-2H3. The van der Waals surface area contributed by atoms with Gasteiger partial charge in [-0.15, -0.1) is 0 Å². The Morgan fingerprint density at radius 2 is 1.62 bits per heavy atom. The van der Waals surface area contributed by atoms with Crippen molar-refractivity contribution in [3.63, 3.8) is 0 Å². The molecule has 1 atom stereocenters. The average molecular weight is 358 g/mol. The molecule has 0 aliphatic heterocycles. The Morgan fingerprint density at radius 1 is 1.08 bits per heavy atom. The van der Waals surface area contributed by atoms with Crippen LogP contribution < -0.4 is 9.47 Å². The highest BCUT2D eigenvalue weighted by molar-refractivity contribution is 8.00. The number of methoxy groups -OCH3 is 2. The second-order valence-corrected chi connectivity index (χ2v) is 5.64. The zero-order valence-electron chi connectivity index (χ0n) is 12.7. The molecule has 9 heteroatoms. The molecule has 0 N–H and O–H groups in total. The summed E-state index contributed by atoms with van der Waals surface area (Å²) < 4.78 is 47.8. The van der Waals surface area contributed by atoms with Crippen molar-refractivity contribution in [2.24, 2.45) is 0 Å². The van der Waals surface area contributed by atoms with E-state index in [4.69, 9.17) is 9.47 Å². The van der Waals surface area contributed by atoms with Crippen molar-refractivity contribution in [2.45, 2.75) is 16.6 Å². The van der Waals surface area contributed by atoms with Crippen LogP contribution in [0.4, 0.5) is 13.2 Å². The number of thioether (sulfide) groups is 1. The van der Waals surface area contributed by atoms with Gasteiger partial charge in [-0.2, -0.15) is 23.1 Å². The molecule has 0 radical (unpaired) electrons. The molecule has 0 saturated carbocycles. The second-order valence-electron chi connectivity index (χ2n) is 4.53. The van der Waals surface area contributed by atoms with Gasteiger partial charge in [-0.05, 0) is 17.7 Å². The highest BCUT2D eigenvalue weighted by Crippen LogP contribution is 2.35. The number of hydrogen-bond donors (Lipinski definition) is 0. The molecule has 0 spiro atoms. The lowest BCUT2D eigenvalue weighted by atomic mass is 10.1. The predicted molar refractivity (Wildman–Crippen MR) is 81.2 cm³/mol. The third-order valence-corrected chi connectivity index (χ3v) is 4.03. The summed E-state index contributed by atoms with van der Waals surface area (Å²) in [4.78, 5) is 19.5. The van der Waals surface area contributed by atoms with Crippen LogP contribution in [0, 0.1) is 0 Å². The van der Waals surface area contributed by atoms with Gasteiger partial charge in [0, 0.05) is 0 Å². The molecule has 2 rings (SSSR count). The van der Waals surface area contributed by atoms with Crippen molar-refractivity contribution in [3.8, 4) is 11.8 Å². The lowest BCUT2D eigenvalue weighted by Gasteiger charge is -2.12. The fourth-order valence-electron chi connectivity index (χ4n) is 1.80. The van der Waals surface area contributed by atoms with E-state index in [0.29, 0.717) is 11.8 Å². The Hall–Kier alpha value is -2.29. The van der Waals surface area contributed by atoms with Crippen LogP contribution in [-0.2, 0) is 11.0 Å². The molecule has 1 aromatic heterocycles. The van der Waals surface area contributed by atoms with E-state index in [9.17, 15) is 18.0 Å². The molecule has 24 heavy (non-hydrogen) atoms. The lowest BCUT2D eigenvalue weighted by molar-refractivity contribution is -0.137. The summed E-state index contributed by atoms with van der Waals surface area (Å²) in [5.74, 6) is 0.503. The van der Waals surface area contributed by atoms with Crippen molar-refractivity contribution < 1.29 is 27.4 Å². The average Bonchev–Trinajstić information content (AvgIpc) is 2.58. The van der Waals surface area contributed by atoms with Crippen LogP contribution in [0.25, 0.3) is 0 Å². The van der Waals surface area contributed by atoms with Crippen molar-refractivity contribution in [1.82, 2.24) is 9.97 Å². The summed E-state index contributed by atoms with van der Waals surface area (Å²) in [6.45, 7) is 0. The van der Waals surface area contributed by atoms with Crippen molar-refractivity contribution in [1.29, 1.82) is 0 Å². The Bertz CT molecular complexity index is 686. The van der Waals surface area contributed by atoms with Gasteiger partial charge in [-0.25, -0.2) is 0 Å². The first-order valence-electron chi connectivity index (χ1n) is 6.63. The summed E-state index contributed by atoms with van der Waals surface area (Å²) >= 11 is 0.983. The number of carbonyl (C=O) groups excluding carboxylic acids is 1. The summed E-state index contributed by atoms with van der Waals surface area (Å²) in [5.41, 5.74) is -0.367. The van der Waals surface area contributed by atoms with Gasteiger partial charge in [0.15, 0.2) is 5.16 Å². The fourth-order valence-corrected chi connectivity index (χ4v) is 2.66. The monoisotopic (exact) mass is 358 g/mol. The highest BCUT2D eigenvalue weighted by Gasteiger charge is 2.30. The summed E-state index contributed by atoms with van der Waals surface area (Å²) in [5, 5.41) is -0.549. The van der Waals surface area contributed by atoms with Crippen LogP contribution in [0.1, 0.15) is 16.4 Å². The van der Waals surface area contributed by atoms with E-state index in [1.54, 1.807) is 0 Å². The number of alkyl halides is 3. The molecular formula is C15H13F3N2O3S. The lowest BCUT2D eigenvalue weighted by Crippen LogP contribution is -2.05. The SMILES string of the molecule is COc1cc(OC)nc(SC(C=O)c2ccc(C(F)(F)F)cc2)n1. The van der Waals surface area contributed by atoms with Gasteiger partial charge in [0.2, 0.25) is 11.8 Å². The number of aldehydes is 1. The third kappa shape index (κ3) is 4.38. The van der Waals surface area contributed by atoms with Gasteiger partial charge in [-0.1, -0.05) is 23.9 Å². The van der Waals surface area contributed by atoms with E-state index < -0.39 is 17.0 Å². The molecule has 1 unspecified atom stereocenters. The van der Waals surface area contributed by atoms with E-state index in [-0.39, 0.29) is 16.9 Å². The third-order valence-electron chi connectivity index (χ3n) is 3.00. The molecule has 0 amide bonds. The Morgan fingerprint density at radius 3 is 2.04 bits per heavy atom. The van der Waals surface area contributed by atoms with Gasteiger partial charge in [-0.3, -0.25) is 0 Å². The largest absolute Gasteiger partial charge is 0.481 e. The van der Waals surface area contributed by atoms with Crippen LogP contribution in [0.5, 0.6) is 11.8 Å². The molecular weight excluding hydrogens is 345 g/mol. The minimum absolute atomic E-state index is 0.211. The van der Waals surface area contributed by atoms with Crippen LogP contribution in [0.15, 0.2) is 35.5 Å². The van der Waals surface area contributed by atoms with Gasteiger partial charge in [0.25, 0.3) is 0 Å². The van der Waals surface area contributed by atoms with Crippen molar-refractivity contribution in [2.75, 3.05) is 14.2 Å². The number of nitrogens with zero attached hydrogens (tertiary/aromatic N) is 2. The molecule has 5 nitrogen and oxygen atoms in total. The normalized spacial score (nSPS) is 12.5. The maximum Gasteiger partial charge on any atom is 0.416 e. The first kappa shape index (κ1) is 18.1. The second kappa shape index (κ2) is 7.52. The first-order chi connectivity index (χ1) is 11.4. The minimum atomic E-state index is -4.42. The summed E-state index contributed by atoms with van der Waals surface area (Å²) in [6, 6.07) is 5.84. The number of aromatic nitrogens is 2. The maximum absolute atomic E-state index is 12.6. The minimum Gasteiger partial charge on any atom is -0.481 e. The molecule has 0 fully saturated rings. The summed E-state index contributed by atoms with van der Waals surface area (Å²) in [7, 11) is 2.84. The van der Waals surface area contributed by atoms with Gasteiger partial charge < -0.3 is 14.3 Å². The smallest absolute Gasteiger partial charge is 0.416 e. The fraction of sp³-hybridized carbons (Fsp3) is 0.267. The maximum atomic E-state index is 12.6. The number of halogens is 3. The van der Waals surface area contributed by atoms with E-state index in [1.165, 1.54) is 32.4 Å². The van der Waals surface area contributed by atoms with Gasteiger partial charge in [0.1, 0.15) is 6.29 Å². The van der Waals surface area contributed by atoms with E-state index in [0.717, 1.165) is 23.9 Å². The Balaban J connectivity index is 2.25. The van der Waals surface area contributed by atoms with E-state index in [2.05, 4.69) is 9.97 Å². The molecule has 0 aliphatic carbocycles. The zero-order valence-corrected chi connectivity index (χ0v) is 13.5. The van der Waals surface area contributed by atoms with E-state index >= 15 is 0 Å². The molecule has 2 aromatic rings.